The van der Waals surface area contributed by atoms with Crippen molar-refractivity contribution < 1.29 is 9.72 Å². The van der Waals surface area contributed by atoms with E-state index in [2.05, 4.69) is 30.4 Å². The summed E-state index contributed by atoms with van der Waals surface area (Å²) in [7, 11) is 0. The molecule has 2 aromatic rings. The summed E-state index contributed by atoms with van der Waals surface area (Å²) in [5, 5.41) is 14.4. The molecule has 2 aliphatic rings. The predicted octanol–water partition coefficient (Wildman–Crippen LogP) is 3.59. The van der Waals surface area contributed by atoms with Crippen LogP contribution < -0.4 is 5.32 Å². The summed E-state index contributed by atoms with van der Waals surface area (Å²) in [6.07, 6.45) is 0. The number of nitro benzene ring substituents is 1. The molecule has 1 N–H and O–H groups in total. The molecular weight excluding hydrogens is 318 g/mol. The van der Waals surface area contributed by atoms with Crippen LogP contribution in [0.3, 0.4) is 0 Å². The lowest BCUT2D eigenvalue weighted by atomic mass is 9.72. The Kier molecular flexibility index (Phi) is 3.49. The number of nitrogens with zero attached hydrogens (tertiary/aromatic N) is 2. The minimum Gasteiger partial charge on any atom is -0.378 e. The van der Waals surface area contributed by atoms with E-state index in [1.165, 1.54) is 17.7 Å². The summed E-state index contributed by atoms with van der Waals surface area (Å²) in [4.78, 5) is 24.4. The maximum absolute atomic E-state index is 12.0. The van der Waals surface area contributed by atoms with Crippen molar-refractivity contribution in [3.8, 4) is 0 Å². The number of non-ortho nitro benzene ring substituents is 1. The lowest BCUT2D eigenvalue weighted by Gasteiger charge is -2.55. The Morgan fingerprint density at radius 1 is 1.24 bits per heavy atom. The molecule has 3 atom stereocenters. The number of anilines is 1. The average molecular weight is 337 g/mol. The van der Waals surface area contributed by atoms with Crippen LogP contribution in [0.2, 0.25) is 0 Å². The van der Waals surface area contributed by atoms with Crippen molar-refractivity contribution in [2.24, 2.45) is 5.92 Å². The monoisotopic (exact) mass is 337 g/mol. The Morgan fingerprint density at radius 3 is 2.60 bits per heavy atom. The van der Waals surface area contributed by atoms with Crippen LogP contribution in [0, 0.1) is 23.0 Å². The molecule has 0 bridgehead atoms. The minimum absolute atomic E-state index is 0.0385. The van der Waals surface area contributed by atoms with Crippen molar-refractivity contribution in [3.05, 3.63) is 69.3 Å². The Morgan fingerprint density at radius 2 is 1.96 bits per heavy atom. The molecule has 0 aliphatic carbocycles. The van der Waals surface area contributed by atoms with E-state index >= 15 is 0 Å². The summed E-state index contributed by atoms with van der Waals surface area (Å²) < 4.78 is 0. The molecule has 0 spiro atoms. The second kappa shape index (κ2) is 5.58. The fraction of sp³-hybridized carbons (Fsp3) is 0.316. The van der Waals surface area contributed by atoms with Crippen LogP contribution in [-0.2, 0) is 4.79 Å². The van der Waals surface area contributed by atoms with Gasteiger partial charge >= 0.3 is 0 Å². The van der Waals surface area contributed by atoms with Gasteiger partial charge in [0, 0.05) is 37.2 Å². The Labute approximate surface area is 145 Å². The summed E-state index contributed by atoms with van der Waals surface area (Å²) >= 11 is 0. The van der Waals surface area contributed by atoms with Crippen LogP contribution in [0.5, 0.6) is 0 Å². The van der Waals surface area contributed by atoms with E-state index in [0.717, 1.165) is 16.8 Å². The first kappa shape index (κ1) is 15.6. The van der Waals surface area contributed by atoms with Crippen molar-refractivity contribution in [1.82, 2.24) is 4.90 Å². The van der Waals surface area contributed by atoms with E-state index in [0.29, 0.717) is 6.54 Å². The molecule has 1 amide bonds. The molecule has 6 heteroatoms. The normalized spacial score (nSPS) is 23.8. The zero-order valence-corrected chi connectivity index (χ0v) is 14.1. The van der Waals surface area contributed by atoms with E-state index in [-0.39, 0.29) is 34.5 Å². The third-order valence-corrected chi connectivity index (χ3v) is 5.28. The first-order valence-corrected chi connectivity index (χ1v) is 8.34. The van der Waals surface area contributed by atoms with E-state index in [1.54, 1.807) is 6.92 Å². The minimum atomic E-state index is -0.389. The van der Waals surface area contributed by atoms with Crippen molar-refractivity contribution in [1.29, 1.82) is 0 Å². The fourth-order valence-electron chi connectivity index (χ4n) is 4.01. The number of fused-ring (bicyclic) bond motifs is 3. The van der Waals surface area contributed by atoms with Gasteiger partial charge in [-0.3, -0.25) is 14.9 Å². The zero-order valence-electron chi connectivity index (χ0n) is 14.1. The first-order valence-electron chi connectivity index (χ1n) is 8.34. The molecule has 128 valence electrons. The third kappa shape index (κ3) is 2.45. The van der Waals surface area contributed by atoms with Crippen molar-refractivity contribution in [2.75, 3.05) is 11.9 Å². The van der Waals surface area contributed by atoms with E-state index in [4.69, 9.17) is 0 Å². The SMILES string of the molecule is CC(=O)N1C[C@H]2[C@@H](c3ccc([N+](=O)[O-])cc3)Nc3ccc(C)cc3[C@H]21. The first-order chi connectivity index (χ1) is 12.0. The van der Waals surface area contributed by atoms with Crippen LogP contribution >= 0.6 is 0 Å². The van der Waals surface area contributed by atoms with Crippen LogP contribution in [0.1, 0.15) is 35.7 Å². The quantitative estimate of drug-likeness (QED) is 0.671. The summed E-state index contributed by atoms with van der Waals surface area (Å²) in [5.41, 5.74) is 4.45. The Bertz CT molecular complexity index is 863. The number of nitro groups is 1. The topological polar surface area (TPSA) is 75.5 Å². The molecule has 2 heterocycles. The highest BCUT2D eigenvalue weighted by atomic mass is 16.6. The van der Waals surface area contributed by atoms with Gasteiger partial charge in [0.15, 0.2) is 0 Å². The zero-order chi connectivity index (χ0) is 17.7. The maximum atomic E-state index is 12.0. The highest BCUT2D eigenvalue weighted by Gasteiger charge is 2.49. The van der Waals surface area contributed by atoms with Gasteiger partial charge in [0.05, 0.1) is 17.0 Å². The number of benzene rings is 2. The number of carbonyl (C=O) groups is 1. The van der Waals surface area contributed by atoms with E-state index < -0.39 is 0 Å². The Hall–Kier alpha value is -2.89. The molecular formula is C19H19N3O3. The number of aryl methyl sites for hydroxylation is 1. The van der Waals surface area contributed by atoms with Gasteiger partial charge in [0.1, 0.15) is 0 Å². The van der Waals surface area contributed by atoms with Gasteiger partial charge in [-0.2, -0.15) is 0 Å². The molecule has 25 heavy (non-hydrogen) atoms. The highest BCUT2D eigenvalue weighted by Crippen LogP contribution is 2.52. The number of nitrogens with one attached hydrogen (secondary N) is 1. The number of hydrogen-bond donors (Lipinski definition) is 1. The maximum Gasteiger partial charge on any atom is 0.269 e. The second-order valence-corrected chi connectivity index (χ2v) is 6.84. The number of amides is 1. The van der Waals surface area contributed by atoms with Gasteiger partial charge in [0.2, 0.25) is 5.91 Å². The molecule has 2 aliphatic heterocycles. The molecule has 0 unspecified atom stereocenters. The largest absolute Gasteiger partial charge is 0.378 e. The highest BCUT2D eigenvalue weighted by molar-refractivity contribution is 5.76. The molecule has 0 aromatic heterocycles. The lowest BCUT2D eigenvalue weighted by molar-refractivity contribution is -0.384. The van der Waals surface area contributed by atoms with Crippen LogP contribution in [-0.4, -0.2) is 22.3 Å². The van der Waals surface area contributed by atoms with Crippen molar-refractivity contribution in [2.45, 2.75) is 25.9 Å². The fourth-order valence-corrected chi connectivity index (χ4v) is 4.01. The Balaban J connectivity index is 1.73. The van der Waals surface area contributed by atoms with Crippen LogP contribution in [0.25, 0.3) is 0 Å². The average Bonchev–Trinajstić information content (AvgIpc) is 2.54. The van der Waals surface area contributed by atoms with Gasteiger partial charge in [-0.25, -0.2) is 0 Å². The number of likely N-dealkylation sites (tertiary alicyclic amines) is 1. The number of rotatable bonds is 2. The molecule has 0 saturated carbocycles. The number of carbonyl (C=O) groups excluding carboxylic acids is 1. The van der Waals surface area contributed by atoms with E-state index in [9.17, 15) is 14.9 Å². The van der Waals surface area contributed by atoms with Gasteiger partial charge in [-0.05, 0) is 24.1 Å². The van der Waals surface area contributed by atoms with Crippen molar-refractivity contribution >= 4 is 17.3 Å². The van der Waals surface area contributed by atoms with E-state index in [1.807, 2.05) is 17.0 Å². The molecule has 0 radical (unpaired) electrons. The number of hydrogen-bond acceptors (Lipinski definition) is 4. The molecule has 1 fully saturated rings. The second-order valence-electron chi connectivity index (χ2n) is 6.84. The summed E-state index contributed by atoms with van der Waals surface area (Å²) in [6, 6.07) is 13.0. The standard InChI is InChI=1S/C19H19N3O3/c1-11-3-8-17-15(9-11)19-16(10-21(19)12(2)23)18(20-17)13-4-6-14(7-5-13)22(24)25/h3-9,16,18-20H,10H2,1-2H3/t16-,18+,19+/m0/s1. The van der Waals surface area contributed by atoms with Gasteiger partial charge in [0.25, 0.3) is 5.69 Å². The predicted molar refractivity (Wildman–Crippen MR) is 94.3 cm³/mol. The lowest BCUT2D eigenvalue weighted by Crippen LogP contribution is -2.57. The summed E-state index contributed by atoms with van der Waals surface area (Å²) in [6.45, 7) is 4.35. The van der Waals surface area contributed by atoms with Crippen molar-refractivity contribution in [3.63, 3.8) is 0 Å². The summed E-state index contributed by atoms with van der Waals surface area (Å²) in [5.74, 6) is 0.345. The van der Waals surface area contributed by atoms with Gasteiger partial charge in [-0.15, -0.1) is 0 Å². The van der Waals surface area contributed by atoms with Crippen LogP contribution in [0.4, 0.5) is 11.4 Å². The molecule has 2 aromatic carbocycles. The molecule has 4 rings (SSSR count). The molecule has 6 nitrogen and oxygen atoms in total. The van der Waals surface area contributed by atoms with Crippen LogP contribution in [0.15, 0.2) is 42.5 Å². The smallest absolute Gasteiger partial charge is 0.269 e. The molecule has 1 saturated heterocycles. The van der Waals surface area contributed by atoms with Gasteiger partial charge in [-0.1, -0.05) is 29.8 Å². The van der Waals surface area contributed by atoms with Gasteiger partial charge < -0.3 is 10.2 Å². The third-order valence-electron chi connectivity index (χ3n) is 5.28.